The van der Waals surface area contributed by atoms with Gasteiger partial charge in [-0.2, -0.15) is 0 Å². The second-order valence-electron chi connectivity index (χ2n) is 5.01. The van der Waals surface area contributed by atoms with Crippen molar-refractivity contribution in [2.24, 2.45) is 0 Å². The van der Waals surface area contributed by atoms with E-state index in [-0.39, 0.29) is 17.5 Å². The lowest BCUT2D eigenvalue weighted by molar-refractivity contribution is 0.179. The van der Waals surface area contributed by atoms with Crippen LogP contribution in [0.4, 0.5) is 11.4 Å². The molecule has 6 heteroatoms. The molecule has 98 valence electrons. The van der Waals surface area contributed by atoms with E-state index in [9.17, 15) is 13.5 Å². The van der Waals surface area contributed by atoms with E-state index in [4.69, 9.17) is 5.73 Å². The molecule has 2 unspecified atom stereocenters. The van der Waals surface area contributed by atoms with Crippen LogP contribution >= 0.6 is 0 Å². The lowest BCUT2D eigenvalue weighted by atomic mass is 10.1. The molecule has 3 N–H and O–H groups in total. The third kappa shape index (κ3) is 1.76. The Bertz CT molecular complexity index is 585. The van der Waals surface area contributed by atoms with Gasteiger partial charge < -0.3 is 15.7 Å². The van der Waals surface area contributed by atoms with Gasteiger partial charge >= 0.3 is 0 Å². The van der Waals surface area contributed by atoms with Crippen LogP contribution in [0.2, 0.25) is 0 Å². The normalized spacial score (nSPS) is 29.5. The van der Waals surface area contributed by atoms with Gasteiger partial charge in [-0.25, -0.2) is 8.42 Å². The third-order valence-electron chi connectivity index (χ3n) is 3.75. The van der Waals surface area contributed by atoms with Crippen LogP contribution in [0.5, 0.6) is 0 Å². The number of nitrogens with two attached hydrogens (primary N) is 1. The van der Waals surface area contributed by atoms with Crippen molar-refractivity contribution >= 4 is 21.2 Å². The van der Waals surface area contributed by atoms with Gasteiger partial charge in [0.15, 0.2) is 9.84 Å². The van der Waals surface area contributed by atoms with E-state index in [1.54, 1.807) is 0 Å². The number of aliphatic hydroxyl groups excluding tert-OH is 1. The number of benzene rings is 1. The summed E-state index contributed by atoms with van der Waals surface area (Å²) >= 11 is 0. The first-order valence-electron chi connectivity index (χ1n) is 6.00. The first-order valence-corrected chi connectivity index (χ1v) is 7.82. The lowest BCUT2D eigenvalue weighted by Crippen LogP contribution is -2.42. The van der Waals surface area contributed by atoms with Crippen molar-refractivity contribution in [2.75, 3.05) is 28.7 Å². The maximum atomic E-state index is 11.6. The third-order valence-corrected chi connectivity index (χ3v) is 5.45. The zero-order valence-corrected chi connectivity index (χ0v) is 10.7. The monoisotopic (exact) mass is 268 g/mol. The molecular formula is C12H16N2O3S. The van der Waals surface area contributed by atoms with Crippen molar-refractivity contribution in [1.29, 1.82) is 0 Å². The van der Waals surface area contributed by atoms with E-state index in [1.165, 1.54) is 0 Å². The first kappa shape index (κ1) is 11.8. The molecule has 1 aromatic rings. The summed E-state index contributed by atoms with van der Waals surface area (Å²) in [6.45, 7) is 0.723. The number of anilines is 2. The minimum atomic E-state index is -3.13. The van der Waals surface area contributed by atoms with Gasteiger partial charge in [-0.15, -0.1) is 0 Å². The van der Waals surface area contributed by atoms with E-state index >= 15 is 0 Å². The molecule has 3 rings (SSSR count). The second-order valence-corrected chi connectivity index (χ2v) is 7.16. The quantitative estimate of drug-likeness (QED) is 0.689. The summed E-state index contributed by atoms with van der Waals surface area (Å²) in [6.07, 6.45) is 0.0319. The van der Waals surface area contributed by atoms with E-state index < -0.39 is 15.9 Å². The summed E-state index contributed by atoms with van der Waals surface area (Å²) in [5, 5.41) is 9.94. The average Bonchev–Trinajstić information content (AvgIpc) is 2.80. The number of para-hydroxylation sites is 1. The Balaban J connectivity index is 1.98. The van der Waals surface area contributed by atoms with Crippen LogP contribution in [0.25, 0.3) is 0 Å². The van der Waals surface area contributed by atoms with Crippen LogP contribution in [0.1, 0.15) is 5.56 Å². The molecule has 0 saturated carbocycles. The highest BCUT2D eigenvalue weighted by Gasteiger charge is 2.42. The van der Waals surface area contributed by atoms with E-state index in [1.807, 2.05) is 23.1 Å². The van der Waals surface area contributed by atoms with Gasteiger partial charge in [0.2, 0.25) is 0 Å². The summed E-state index contributed by atoms with van der Waals surface area (Å²) in [4.78, 5) is 1.96. The molecule has 2 heterocycles. The van der Waals surface area contributed by atoms with E-state index in [2.05, 4.69) is 0 Å². The average molecular weight is 268 g/mol. The number of sulfone groups is 1. The predicted molar refractivity (Wildman–Crippen MR) is 70.4 cm³/mol. The molecule has 0 spiro atoms. The van der Waals surface area contributed by atoms with Crippen molar-refractivity contribution in [3.05, 3.63) is 23.8 Å². The minimum Gasteiger partial charge on any atom is -0.397 e. The van der Waals surface area contributed by atoms with Crippen LogP contribution < -0.4 is 10.6 Å². The van der Waals surface area contributed by atoms with E-state index in [0.717, 1.165) is 24.2 Å². The minimum absolute atomic E-state index is 0.0158. The fourth-order valence-corrected chi connectivity index (χ4v) is 4.76. The molecule has 18 heavy (non-hydrogen) atoms. The van der Waals surface area contributed by atoms with Crippen LogP contribution in [-0.4, -0.2) is 43.7 Å². The van der Waals surface area contributed by atoms with Crippen molar-refractivity contribution in [3.8, 4) is 0 Å². The van der Waals surface area contributed by atoms with Crippen LogP contribution in [-0.2, 0) is 16.3 Å². The Hall–Kier alpha value is -1.27. The molecule has 1 saturated heterocycles. The van der Waals surface area contributed by atoms with Crippen molar-refractivity contribution in [1.82, 2.24) is 0 Å². The van der Waals surface area contributed by atoms with Gasteiger partial charge in [-0.05, 0) is 18.1 Å². The first-order chi connectivity index (χ1) is 8.48. The molecule has 1 fully saturated rings. The van der Waals surface area contributed by atoms with Crippen LogP contribution in [0.3, 0.4) is 0 Å². The fraction of sp³-hybridized carbons (Fsp3) is 0.500. The number of rotatable bonds is 1. The Morgan fingerprint density at radius 3 is 2.78 bits per heavy atom. The summed E-state index contributed by atoms with van der Waals surface area (Å²) in [6, 6.07) is 5.36. The Kier molecular flexibility index (Phi) is 2.53. The van der Waals surface area contributed by atoms with Gasteiger partial charge in [-0.3, -0.25) is 0 Å². The highest BCUT2D eigenvalue weighted by Crippen LogP contribution is 2.37. The number of hydrogen-bond acceptors (Lipinski definition) is 5. The molecule has 0 aromatic heterocycles. The smallest absolute Gasteiger partial charge is 0.155 e. The molecule has 2 atom stereocenters. The number of aliphatic hydroxyl groups is 1. The largest absolute Gasteiger partial charge is 0.397 e. The van der Waals surface area contributed by atoms with Crippen LogP contribution in [0.15, 0.2) is 18.2 Å². The summed E-state index contributed by atoms with van der Waals surface area (Å²) in [7, 11) is -3.13. The molecule has 0 bridgehead atoms. The molecule has 5 nitrogen and oxygen atoms in total. The molecule has 0 amide bonds. The van der Waals surface area contributed by atoms with Gasteiger partial charge in [-0.1, -0.05) is 12.1 Å². The zero-order valence-electron chi connectivity index (χ0n) is 9.91. The Morgan fingerprint density at radius 2 is 2.11 bits per heavy atom. The standard InChI is InChI=1S/C12H16N2O3S/c13-9-3-1-2-8-4-5-14(12(8)9)10-6-18(16,17)7-11(10)15/h1-3,10-11,15H,4-7,13H2. The number of nitrogen functional groups attached to an aromatic ring is 1. The molecule has 1 aromatic carbocycles. The highest BCUT2D eigenvalue weighted by molar-refractivity contribution is 7.91. The molecular weight excluding hydrogens is 252 g/mol. The lowest BCUT2D eigenvalue weighted by Gasteiger charge is -2.29. The van der Waals surface area contributed by atoms with Crippen molar-refractivity contribution < 1.29 is 13.5 Å². The number of nitrogens with zero attached hydrogens (tertiary/aromatic N) is 1. The van der Waals surface area contributed by atoms with E-state index in [0.29, 0.717) is 5.69 Å². The predicted octanol–water partition coefficient (Wildman–Crippen LogP) is -0.211. The van der Waals surface area contributed by atoms with Crippen molar-refractivity contribution in [3.63, 3.8) is 0 Å². The SMILES string of the molecule is Nc1cccc2c1N(C1CS(=O)(=O)CC1O)CC2. The number of hydrogen-bond donors (Lipinski definition) is 2. The second kappa shape index (κ2) is 3.86. The van der Waals surface area contributed by atoms with Gasteiger partial charge in [0, 0.05) is 6.54 Å². The van der Waals surface area contributed by atoms with Gasteiger partial charge in [0.05, 0.1) is 35.0 Å². The number of fused-ring (bicyclic) bond motifs is 1. The topological polar surface area (TPSA) is 83.6 Å². The van der Waals surface area contributed by atoms with Crippen molar-refractivity contribution in [2.45, 2.75) is 18.6 Å². The van der Waals surface area contributed by atoms with Gasteiger partial charge in [0.1, 0.15) is 0 Å². The summed E-state index contributed by atoms with van der Waals surface area (Å²) in [5.41, 5.74) is 8.66. The maximum Gasteiger partial charge on any atom is 0.155 e. The fourth-order valence-electron chi connectivity index (χ4n) is 2.96. The van der Waals surface area contributed by atoms with Crippen LogP contribution in [0, 0.1) is 0 Å². The summed E-state index contributed by atoms with van der Waals surface area (Å²) in [5.74, 6) is -0.127. The molecule has 2 aliphatic heterocycles. The molecule has 2 aliphatic rings. The van der Waals surface area contributed by atoms with Gasteiger partial charge in [0.25, 0.3) is 0 Å². The molecule has 0 radical (unpaired) electrons. The maximum absolute atomic E-state index is 11.6. The highest BCUT2D eigenvalue weighted by atomic mass is 32.2. The Morgan fingerprint density at radius 1 is 1.33 bits per heavy atom. The zero-order chi connectivity index (χ0) is 12.9. The summed E-state index contributed by atoms with van der Waals surface area (Å²) < 4.78 is 23.2. The Labute approximate surface area is 106 Å². The molecule has 0 aliphatic carbocycles.